The van der Waals surface area contributed by atoms with E-state index >= 15 is 0 Å². The lowest BCUT2D eigenvalue weighted by Crippen LogP contribution is -2.61. The Kier molecular flexibility index (Phi) is 6.20. The number of nitrogens with zero attached hydrogens (tertiary/aromatic N) is 1. The number of hydrogen-bond acceptors (Lipinski definition) is 7. The number of carbonyl (C=O) groups is 3. The molecule has 3 unspecified atom stereocenters. The van der Waals surface area contributed by atoms with Gasteiger partial charge in [0.2, 0.25) is 0 Å². The molecular formula is C30H35NO6. The van der Waals surface area contributed by atoms with Crippen molar-refractivity contribution in [2.75, 3.05) is 19.0 Å². The van der Waals surface area contributed by atoms with Crippen molar-refractivity contribution in [2.45, 2.75) is 72.3 Å². The van der Waals surface area contributed by atoms with E-state index in [2.05, 4.69) is 11.8 Å². The third-order valence-electron chi connectivity index (χ3n) is 8.42. The first-order valence-electron chi connectivity index (χ1n) is 12.7. The van der Waals surface area contributed by atoms with E-state index in [0.717, 1.165) is 12.1 Å². The molecule has 7 heteroatoms. The Morgan fingerprint density at radius 3 is 2.38 bits per heavy atom. The fourth-order valence-electron chi connectivity index (χ4n) is 6.95. The molecule has 0 heterocycles. The zero-order valence-corrected chi connectivity index (χ0v) is 22.6. The molecule has 196 valence electrons. The molecule has 37 heavy (non-hydrogen) atoms. The number of phenolic OH excluding ortho intramolecular Hbond substituents is 1. The van der Waals surface area contributed by atoms with Crippen molar-refractivity contribution in [1.82, 2.24) is 0 Å². The van der Waals surface area contributed by atoms with Crippen LogP contribution in [0.15, 0.2) is 28.5 Å². The molecule has 0 fully saturated rings. The Morgan fingerprint density at radius 1 is 1.16 bits per heavy atom. The van der Waals surface area contributed by atoms with Crippen LogP contribution in [-0.2, 0) is 16.0 Å². The molecule has 0 bridgehead atoms. The van der Waals surface area contributed by atoms with Gasteiger partial charge in [-0.15, -0.1) is 0 Å². The SMILES string of the molecule is CCCC#Cc1cc(N(C)C)c2c(c1O)C(=O)C1=C(C)C3(O)C(O)=C(C(C)=O)C(=O)CC3(C)CC1(C)C2. The number of benzene rings is 1. The zero-order valence-electron chi connectivity index (χ0n) is 22.6. The fourth-order valence-corrected chi connectivity index (χ4v) is 6.95. The fraction of sp³-hybridized carbons (Fsp3) is 0.500. The second-order valence-corrected chi connectivity index (χ2v) is 11.5. The number of hydrogen-bond donors (Lipinski definition) is 3. The van der Waals surface area contributed by atoms with Crippen LogP contribution in [0, 0.1) is 22.7 Å². The molecule has 3 aliphatic carbocycles. The number of Topliss-reactive ketones (excluding diaryl/α,β-unsaturated/α-hetero) is 3. The third-order valence-corrected chi connectivity index (χ3v) is 8.42. The monoisotopic (exact) mass is 505 g/mol. The lowest BCUT2D eigenvalue weighted by Gasteiger charge is -2.57. The van der Waals surface area contributed by atoms with Crippen LogP contribution in [0.1, 0.15) is 81.8 Å². The van der Waals surface area contributed by atoms with Crippen LogP contribution in [0.3, 0.4) is 0 Å². The summed E-state index contributed by atoms with van der Waals surface area (Å²) >= 11 is 0. The maximum atomic E-state index is 14.2. The van der Waals surface area contributed by atoms with Crippen LogP contribution >= 0.6 is 0 Å². The van der Waals surface area contributed by atoms with Crippen LogP contribution in [-0.4, -0.2) is 52.4 Å². The number of anilines is 1. The molecule has 0 saturated heterocycles. The van der Waals surface area contributed by atoms with Crippen molar-refractivity contribution in [3.63, 3.8) is 0 Å². The molecule has 1 aromatic carbocycles. The van der Waals surface area contributed by atoms with Crippen LogP contribution in [0.2, 0.25) is 0 Å². The highest BCUT2D eigenvalue weighted by atomic mass is 16.3. The van der Waals surface area contributed by atoms with Gasteiger partial charge in [-0.1, -0.05) is 32.6 Å². The standard InChI is InChI=1S/C30H35NO6/c1-8-9-10-11-18-12-20(31(6)7)19-13-28(4)15-29(5)14-21(33)22(17(3)32)27(36)30(29,37)16(2)24(28)26(35)23(19)25(18)34/h12,34,36-37H,8-9,13-15H2,1-7H3. The van der Waals surface area contributed by atoms with Crippen molar-refractivity contribution >= 4 is 23.0 Å². The van der Waals surface area contributed by atoms with Gasteiger partial charge in [0.1, 0.15) is 22.7 Å². The molecule has 3 aliphatic rings. The van der Waals surface area contributed by atoms with E-state index in [1.54, 1.807) is 19.9 Å². The van der Waals surface area contributed by atoms with Crippen molar-refractivity contribution < 1.29 is 29.7 Å². The van der Waals surface area contributed by atoms with Crippen molar-refractivity contribution in [3.05, 3.63) is 45.2 Å². The number of allylic oxidation sites excluding steroid dienone is 2. The summed E-state index contributed by atoms with van der Waals surface area (Å²) in [5.41, 5.74) is -1.95. The molecule has 0 aliphatic heterocycles. The maximum Gasteiger partial charge on any atom is 0.193 e. The molecule has 0 radical (unpaired) electrons. The second kappa shape index (κ2) is 8.59. The lowest BCUT2D eigenvalue weighted by atomic mass is 9.47. The number of ketones is 3. The highest BCUT2D eigenvalue weighted by Crippen LogP contribution is 2.63. The highest BCUT2D eigenvalue weighted by Gasteiger charge is 2.65. The van der Waals surface area contributed by atoms with E-state index in [1.807, 2.05) is 32.8 Å². The first-order valence-corrected chi connectivity index (χ1v) is 12.7. The van der Waals surface area contributed by atoms with Crippen LogP contribution in [0.25, 0.3) is 0 Å². The van der Waals surface area contributed by atoms with E-state index in [4.69, 9.17) is 0 Å². The van der Waals surface area contributed by atoms with Crippen LogP contribution < -0.4 is 4.90 Å². The van der Waals surface area contributed by atoms with Crippen molar-refractivity contribution in [2.24, 2.45) is 10.8 Å². The van der Waals surface area contributed by atoms with E-state index < -0.39 is 45.1 Å². The molecule has 0 aromatic heterocycles. The summed E-state index contributed by atoms with van der Waals surface area (Å²) in [5.74, 6) is 3.56. The van der Waals surface area contributed by atoms with E-state index in [9.17, 15) is 29.7 Å². The summed E-state index contributed by atoms with van der Waals surface area (Å²) in [4.78, 5) is 41.3. The van der Waals surface area contributed by atoms with Crippen molar-refractivity contribution in [1.29, 1.82) is 0 Å². The molecule has 3 N–H and O–H groups in total. The van der Waals surface area contributed by atoms with E-state index in [-0.39, 0.29) is 29.7 Å². The summed E-state index contributed by atoms with van der Waals surface area (Å²) in [6.07, 6.45) is 1.98. The topological polar surface area (TPSA) is 115 Å². The highest BCUT2D eigenvalue weighted by molar-refractivity contribution is 6.21. The molecule has 0 spiro atoms. The van der Waals surface area contributed by atoms with Gasteiger partial charge in [-0.05, 0) is 50.3 Å². The number of unbranched alkanes of at least 4 members (excludes halogenated alkanes) is 1. The summed E-state index contributed by atoms with van der Waals surface area (Å²) in [6.45, 7) is 8.41. The number of carbonyl (C=O) groups excluding carboxylic acids is 3. The summed E-state index contributed by atoms with van der Waals surface area (Å²) < 4.78 is 0. The van der Waals surface area contributed by atoms with Gasteiger partial charge in [0.15, 0.2) is 17.3 Å². The van der Waals surface area contributed by atoms with Gasteiger partial charge < -0.3 is 20.2 Å². The van der Waals surface area contributed by atoms with Crippen LogP contribution in [0.5, 0.6) is 5.75 Å². The molecule has 1 aromatic rings. The molecular weight excluding hydrogens is 470 g/mol. The Hall–Kier alpha value is -3.37. The number of rotatable bonds is 3. The maximum absolute atomic E-state index is 14.2. The van der Waals surface area contributed by atoms with Gasteiger partial charge in [-0.3, -0.25) is 14.4 Å². The zero-order chi connectivity index (χ0) is 27.7. The number of phenols is 1. The quantitative estimate of drug-likeness (QED) is 0.417. The minimum Gasteiger partial charge on any atom is -0.508 e. The Morgan fingerprint density at radius 2 is 1.81 bits per heavy atom. The third kappa shape index (κ3) is 3.57. The predicted molar refractivity (Wildman–Crippen MR) is 141 cm³/mol. The van der Waals surface area contributed by atoms with Gasteiger partial charge in [0, 0.05) is 49.0 Å². The first-order chi connectivity index (χ1) is 17.1. The van der Waals surface area contributed by atoms with Gasteiger partial charge in [0.25, 0.3) is 0 Å². The van der Waals surface area contributed by atoms with Crippen LogP contribution in [0.4, 0.5) is 5.69 Å². The second-order valence-electron chi connectivity index (χ2n) is 11.5. The molecule has 0 saturated carbocycles. The summed E-state index contributed by atoms with van der Waals surface area (Å²) in [5, 5.41) is 34.4. The Labute approximate surface area is 217 Å². The Bertz CT molecular complexity index is 1390. The molecule has 0 amide bonds. The predicted octanol–water partition coefficient (Wildman–Crippen LogP) is 4.19. The largest absolute Gasteiger partial charge is 0.508 e. The summed E-state index contributed by atoms with van der Waals surface area (Å²) in [6, 6.07) is 1.80. The average Bonchev–Trinajstić information content (AvgIpc) is 2.77. The molecule has 7 nitrogen and oxygen atoms in total. The normalized spacial score (nSPS) is 28.8. The Balaban J connectivity index is 2.05. The van der Waals surface area contributed by atoms with Gasteiger partial charge in [-0.25, -0.2) is 0 Å². The number of aliphatic hydroxyl groups is 2. The molecule has 3 atom stereocenters. The first kappa shape index (κ1) is 26.7. The van der Waals surface area contributed by atoms with E-state index in [1.165, 1.54) is 6.92 Å². The number of fused-ring (bicyclic) bond motifs is 3. The summed E-state index contributed by atoms with van der Waals surface area (Å²) in [7, 11) is 3.73. The van der Waals surface area contributed by atoms with Crippen molar-refractivity contribution in [3.8, 4) is 17.6 Å². The van der Waals surface area contributed by atoms with Gasteiger partial charge >= 0.3 is 0 Å². The lowest BCUT2D eigenvalue weighted by molar-refractivity contribution is -0.135. The molecule has 4 rings (SSSR count). The smallest absolute Gasteiger partial charge is 0.193 e. The number of aromatic hydroxyl groups is 1. The van der Waals surface area contributed by atoms with Gasteiger partial charge in [0.05, 0.1) is 11.1 Å². The minimum atomic E-state index is -2.07. The average molecular weight is 506 g/mol. The number of aliphatic hydroxyl groups excluding tert-OH is 1. The van der Waals surface area contributed by atoms with Gasteiger partial charge in [-0.2, -0.15) is 0 Å². The minimum absolute atomic E-state index is 0.137. The van der Waals surface area contributed by atoms with E-state index in [0.29, 0.717) is 29.5 Å².